The Balaban J connectivity index is 1.74. The van der Waals surface area contributed by atoms with Crippen LogP contribution in [0.25, 0.3) is 11.0 Å². The van der Waals surface area contributed by atoms with Gasteiger partial charge in [0.25, 0.3) is 5.91 Å². The second-order valence-electron chi connectivity index (χ2n) is 6.38. The number of hydrogen-bond acceptors (Lipinski definition) is 4. The lowest BCUT2D eigenvalue weighted by Gasteiger charge is -2.30. The predicted molar refractivity (Wildman–Crippen MR) is 92.7 cm³/mol. The van der Waals surface area contributed by atoms with Crippen molar-refractivity contribution in [3.8, 4) is 5.75 Å². The van der Waals surface area contributed by atoms with E-state index in [1.54, 1.807) is 12.1 Å². The topological polar surface area (TPSA) is 59.8 Å². The minimum absolute atomic E-state index is 0.0521. The zero-order chi connectivity index (χ0) is 17.3. The van der Waals surface area contributed by atoms with Gasteiger partial charge >= 0.3 is 5.63 Å². The molecule has 2 heterocycles. The number of ether oxygens (including phenoxy) is 1. The molecule has 128 valence electrons. The number of hydrogen-bond donors (Lipinski definition) is 0. The van der Waals surface area contributed by atoms with E-state index in [1.807, 2.05) is 11.8 Å². The Morgan fingerprint density at radius 3 is 2.75 bits per heavy atom. The van der Waals surface area contributed by atoms with E-state index in [-0.39, 0.29) is 12.5 Å². The van der Waals surface area contributed by atoms with Crippen molar-refractivity contribution in [1.29, 1.82) is 0 Å². The summed E-state index contributed by atoms with van der Waals surface area (Å²) in [5.41, 5.74) is 0.763. The molecule has 3 rings (SSSR count). The van der Waals surface area contributed by atoms with Crippen molar-refractivity contribution in [3.63, 3.8) is 0 Å². The highest BCUT2D eigenvalue weighted by molar-refractivity contribution is 6.32. The quantitative estimate of drug-likeness (QED) is 0.797. The van der Waals surface area contributed by atoms with Crippen molar-refractivity contribution in [1.82, 2.24) is 4.90 Å². The highest BCUT2D eigenvalue weighted by Crippen LogP contribution is 2.31. The Labute approximate surface area is 145 Å². The van der Waals surface area contributed by atoms with Crippen molar-refractivity contribution < 1.29 is 13.9 Å². The molecule has 1 aromatic carbocycles. The number of fused-ring (bicyclic) bond motifs is 1. The second-order valence-corrected chi connectivity index (χ2v) is 6.79. The number of carbonyl (C=O) groups excluding carboxylic acids is 1. The van der Waals surface area contributed by atoms with Crippen LogP contribution in [0.1, 0.15) is 25.3 Å². The van der Waals surface area contributed by atoms with Gasteiger partial charge in [0.1, 0.15) is 11.3 Å². The molecule has 5 nitrogen and oxygen atoms in total. The molecular weight excluding hydrogens is 330 g/mol. The molecule has 1 aromatic heterocycles. The van der Waals surface area contributed by atoms with E-state index in [0.29, 0.717) is 22.3 Å². The number of piperidine rings is 1. The minimum Gasteiger partial charge on any atom is -0.482 e. The third-order valence-electron chi connectivity index (χ3n) is 4.49. The number of aryl methyl sites for hydroxylation is 1. The molecule has 1 saturated heterocycles. The summed E-state index contributed by atoms with van der Waals surface area (Å²) >= 11 is 6.23. The fourth-order valence-electron chi connectivity index (χ4n) is 2.92. The molecule has 1 aliphatic rings. The van der Waals surface area contributed by atoms with E-state index in [2.05, 4.69) is 6.92 Å². The van der Waals surface area contributed by atoms with Crippen LogP contribution in [0.15, 0.2) is 27.4 Å². The van der Waals surface area contributed by atoms with Crippen LogP contribution in [0, 0.1) is 12.8 Å². The molecule has 0 saturated carbocycles. The Bertz CT molecular complexity index is 822. The molecule has 0 unspecified atom stereocenters. The van der Waals surface area contributed by atoms with E-state index in [4.69, 9.17) is 20.8 Å². The number of likely N-dealkylation sites (tertiary alicyclic amines) is 1. The van der Waals surface area contributed by atoms with Gasteiger partial charge in [0.15, 0.2) is 6.61 Å². The average Bonchev–Trinajstić information content (AvgIpc) is 2.54. The Kier molecular flexibility index (Phi) is 4.81. The maximum Gasteiger partial charge on any atom is 0.336 e. The van der Waals surface area contributed by atoms with Gasteiger partial charge in [0.05, 0.1) is 5.02 Å². The fraction of sp³-hybridized carbons (Fsp3) is 0.444. The van der Waals surface area contributed by atoms with Gasteiger partial charge in [-0.1, -0.05) is 18.5 Å². The van der Waals surface area contributed by atoms with Crippen molar-refractivity contribution >= 4 is 28.5 Å². The van der Waals surface area contributed by atoms with Crippen molar-refractivity contribution in [2.75, 3.05) is 19.7 Å². The predicted octanol–water partition coefficient (Wildman–Crippen LogP) is 3.39. The molecule has 2 aromatic rings. The summed E-state index contributed by atoms with van der Waals surface area (Å²) in [6.45, 7) is 5.47. The summed E-state index contributed by atoms with van der Waals surface area (Å²) in [6, 6.07) is 4.68. The van der Waals surface area contributed by atoms with E-state index < -0.39 is 5.63 Å². The van der Waals surface area contributed by atoms with Crippen molar-refractivity contribution in [2.24, 2.45) is 5.92 Å². The van der Waals surface area contributed by atoms with Crippen LogP contribution in [0.3, 0.4) is 0 Å². The molecule has 0 aliphatic carbocycles. The number of amides is 1. The lowest BCUT2D eigenvalue weighted by Crippen LogP contribution is -2.40. The van der Waals surface area contributed by atoms with Gasteiger partial charge in [0.2, 0.25) is 0 Å². The zero-order valence-corrected chi connectivity index (χ0v) is 14.6. The van der Waals surface area contributed by atoms with Crippen molar-refractivity contribution in [2.45, 2.75) is 26.7 Å². The van der Waals surface area contributed by atoms with Crippen LogP contribution in [-0.4, -0.2) is 30.5 Å². The molecule has 1 amide bonds. The van der Waals surface area contributed by atoms with Gasteiger partial charge in [-0.2, -0.15) is 0 Å². The van der Waals surface area contributed by atoms with Crippen LogP contribution >= 0.6 is 11.6 Å². The first-order chi connectivity index (χ1) is 11.4. The zero-order valence-electron chi connectivity index (χ0n) is 13.8. The van der Waals surface area contributed by atoms with Gasteiger partial charge in [-0.05, 0) is 37.3 Å². The van der Waals surface area contributed by atoms with Crippen molar-refractivity contribution in [3.05, 3.63) is 39.2 Å². The largest absolute Gasteiger partial charge is 0.482 e. The van der Waals surface area contributed by atoms with Crippen LogP contribution in [0.4, 0.5) is 0 Å². The fourth-order valence-corrected chi connectivity index (χ4v) is 3.14. The lowest BCUT2D eigenvalue weighted by molar-refractivity contribution is -0.134. The van der Waals surface area contributed by atoms with Gasteiger partial charge < -0.3 is 14.1 Å². The van der Waals surface area contributed by atoms with Crippen LogP contribution in [0.5, 0.6) is 5.75 Å². The highest BCUT2D eigenvalue weighted by Gasteiger charge is 2.21. The lowest BCUT2D eigenvalue weighted by atomic mass is 9.99. The van der Waals surface area contributed by atoms with Gasteiger partial charge in [-0.25, -0.2) is 4.79 Å². The minimum atomic E-state index is -0.424. The van der Waals surface area contributed by atoms with E-state index >= 15 is 0 Å². The molecule has 0 N–H and O–H groups in total. The summed E-state index contributed by atoms with van der Waals surface area (Å²) in [5, 5.41) is 1.14. The third-order valence-corrected chi connectivity index (χ3v) is 4.79. The summed E-state index contributed by atoms with van der Waals surface area (Å²) in [4.78, 5) is 25.6. The molecular formula is C18H20ClNO4. The maximum atomic E-state index is 12.2. The van der Waals surface area contributed by atoms with Gasteiger partial charge in [-0.3, -0.25) is 4.79 Å². The normalized spacial score (nSPS) is 15.7. The standard InChI is InChI=1S/C18H20ClNO4/c1-11-3-5-20(6-4-11)17(21)10-23-16-9-15-13(8-14(16)19)12(2)7-18(22)24-15/h7-9,11H,3-6,10H2,1-2H3. The smallest absolute Gasteiger partial charge is 0.336 e. The summed E-state index contributed by atoms with van der Waals surface area (Å²) in [5.74, 6) is 0.955. The average molecular weight is 350 g/mol. The molecule has 1 fully saturated rings. The first-order valence-corrected chi connectivity index (χ1v) is 8.46. The molecule has 0 spiro atoms. The van der Waals surface area contributed by atoms with Crippen LogP contribution in [0.2, 0.25) is 5.02 Å². The third kappa shape index (κ3) is 3.56. The summed E-state index contributed by atoms with van der Waals surface area (Å²) in [6.07, 6.45) is 2.04. The first-order valence-electron chi connectivity index (χ1n) is 8.08. The van der Waals surface area contributed by atoms with E-state index in [9.17, 15) is 9.59 Å². The van der Waals surface area contributed by atoms with Gasteiger partial charge in [-0.15, -0.1) is 0 Å². The molecule has 0 radical (unpaired) electrons. The van der Waals surface area contributed by atoms with E-state index in [0.717, 1.165) is 36.9 Å². The molecule has 1 aliphatic heterocycles. The molecule has 0 atom stereocenters. The first kappa shape index (κ1) is 16.8. The Morgan fingerprint density at radius 1 is 1.33 bits per heavy atom. The van der Waals surface area contributed by atoms with Gasteiger partial charge in [0, 0.05) is 30.6 Å². The molecule has 24 heavy (non-hydrogen) atoms. The Hall–Kier alpha value is -2.01. The summed E-state index contributed by atoms with van der Waals surface area (Å²) in [7, 11) is 0. The number of benzene rings is 1. The van der Waals surface area contributed by atoms with Crippen LogP contribution < -0.4 is 10.4 Å². The SMILES string of the molecule is Cc1cc(=O)oc2cc(OCC(=O)N3CCC(C)CC3)c(Cl)cc12. The number of carbonyl (C=O) groups is 1. The van der Waals surface area contributed by atoms with Crippen LogP contribution in [-0.2, 0) is 4.79 Å². The molecule has 0 bridgehead atoms. The van der Waals surface area contributed by atoms with E-state index in [1.165, 1.54) is 6.07 Å². The second kappa shape index (κ2) is 6.85. The maximum absolute atomic E-state index is 12.2. The monoisotopic (exact) mass is 349 g/mol. The number of nitrogens with zero attached hydrogens (tertiary/aromatic N) is 1. The number of rotatable bonds is 3. The highest BCUT2D eigenvalue weighted by atomic mass is 35.5. The number of halogens is 1. The summed E-state index contributed by atoms with van der Waals surface area (Å²) < 4.78 is 10.8. The molecule has 6 heteroatoms. The Morgan fingerprint density at radius 2 is 2.04 bits per heavy atom.